The van der Waals surface area contributed by atoms with Gasteiger partial charge >= 0.3 is 0 Å². The fourth-order valence-electron chi connectivity index (χ4n) is 3.52. The Bertz CT molecular complexity index is 1490. The van der Waals surface area contributed by atoms with E-state index in [9.17, 15) is 9.59 Å². The number of benzene rings is 1. The average Bonchev–Trinajstić information content (AvgIpc) is 3.72. The number of fused-ring (bicyclic) bond motifs is 1. The van der Waals surface area contributed by atoms with Gasteiger partial charge in [-0.25, -0.2) is 23.7 Å². The Morgan fingerprint density at radius 1 is 1.16 bits per heavy atom. The third-order valence-corrected chi connectivity index (χ3v) is 5.64. The van der Waals surface area contributed by atoms with Crippen molar-refractivity contribution in [2.45, 2.75) is 18.9 Å². The van der Waals surface area contributed by atoms with Gasteiger partial charge in [-0.1, -0.05) is 13.2 Å². The molecule has 1 aliphatic rings. The van der Waals surface area contributed by atoms with Crippen LogP contribution in [-0.2, 0) is 4.79 Å². The van der Waals surface area contributed by atoms with Crippen molar-refractivity contribution in [1.29, 1.82) is 0 Å². The summed E-state index contributed by atoms with van der Waals surface area (Å²) in [6.07, 6.45) is 4.12. The molecule has 4 rings (SSSR count). The molecule has 4 N–H and O–H groups in total. The van der Waals surface area contributed by atoms with Crippen LogP contribution in [0.1, 0.15) is 28.9 Å². The predicted octanol–water partition coefficient (Wildman–Crippen LogP) is 3.54. The van der Waals surface area contributed by atoms with E-state index in [-0.39, 0.29) is 51.8 Å². The van der Waals surface area contributed by atoms with E-state index < -0.39 is 28.9 Å². The molecule has 0 unspecified atom stereocenters. The van der Waals surface area contributed by atoms with Crippen molar-refractivity contribution < 1.29 is 27.8 Å². The average molecular weight is 523 g/mol. The molecule has 3 aromatic rings. The van der Waals surface area contributed by atoms with E-state index in [1.165, 1.54) is 20.4 Å². The molecule has 0 spiro atoms. The molecule has 38 heavy (non-hydrogen) atoms. The fraction of sp³-hybridized carbons (Fsp3) is 0.192. The van der Waals surface area contributed by atoms with E-state index in [4.69, 9.17) is 15.2 Å². The summed E-state index contributed by atoms with van der Waals surface area (Å²) in [6, 6.07) is 4.28. The number of methoxy groups -OCH3 is 2. The SMILES string of the molecule is C=CC(=O)NC(=C)C(N)=Nc1cc2cc(NC3CC3)c(C(=O)c3c(F)c(OC)cc(OC)c3F)nc2cn1. The lowest BCUT2D eigenvalue weighted by Gasteiger charge is -2.15. The third kappa shape index (κ3) is 5.28. The molecule has 1 fully saturated rings. The van der Waals surface area contributed by atoms with Crippen LogP contribution in [0.15, 0.2) is 54.3 Å². The lowest BCUT2D eigenvalue weighted by molar-refractivity contribution is -0.115. The molecule has 12 heteroatoms. The number of nitrogens with two attached hydrogens (primary N) is 1. The first-order valence-electron chi connectivity index (χ1n) is 11.4. The Kier molecular flexibility index (Phi) is 7.33. The summed E-state index contributed by atoms with van der Waals surface area (Å²) in [5, 5.41) is 6.12. The molecule has 0 aliphatic heterocycles. The lowest BCUT2D eigenvalue weighted by Crippen LogP contribution is -2.29. The van der Waals surface area contributed by atoms with Crippen LogP contribution in [0.3, 0.4) is 0 Å². The number of anilines is 1. The Labute approximate surface area is 216 Å². The summed E-state index contributed by atoms with van der Waals surface area (Å²) in [6.45, 7) is 7.00. The largest absolute Gasteiger partial charge is 0.494 e. The van der Waals surface area contributed by atoms with Gasteiger partial charge < -0.3 is 25.8 Å². The van der Waals surface area contributed by atoms with E-state index in [1.807, 2.05) is 0 Å². The van der Waals surface area contributed by atoms with Crippen LogP contribution in [0.25, 0.3) is 10.9 Å². The number of ketones is 1. The van der Waals surface area contributed by atoms with Crippen LogP contribution >= 0.6 is 0 Å². The molecule has 1 saturated carbocycles. The molecule has 1 aromatic carbocycles. The molecule has 10 nitrogen and oxygen atoms in total. The number of carbonyl (C=O) groups excluding carboxylic acids is 2. The topological polar surface area (TPSA) is 141 Å². The maximum Gasteiger partial charge on any atom is 0.247 e. The zero-order chi connectivity index (χ0) is 27.6. The number of nitrogens with zero attached hydrogens (tertiary/aromatic N) is 3. The highest BCUT2D eigenvalue weighted by atomic mass is 19.1. The molecule has 1 aliphatic carbocycles. The highest BCUT2D eigenvalue weighted by molar-refractivity contribution is 6.13. The minimum absolute atomic E-state index is 0.0599. The molecular weight excluding hydrogens is 498 g/mol. The zero-order valence-electron chi connectivity index (χ0n) is 20.6. The number of pyridine rings is 2. The number of aromatic nitrogens is 2. The first-order chi connectivity index (χ1) is 18.2. The van der Waals surface area contributed by atoms with Gasteiger partial charge in [-0.2, -0.15) is 0 Å². The number of aliphatic imine (C=N–C) groups is 1. The third-order valence-electron chi connectivity index (χ3n) is 5.64. The summed E-state index contributed by atoms with van der Waals surface area (Å²) in [7, 11) is 2.39. The summed E-state index contributed by atoms with van der Waals surface area (Å²) in [5.41, 5.74) is 5.46. The molecule has 2 aromatic heterocycles. The summed E-state index contributed by atoms with van der Waals surface area (Å²) >= 11 is 0. The van der Waals surface area contributed by atoms with Gasteiger partial charge in [0.15, 0.2) is 29.0 Å². The summed E-state index contributed by atoms with van der Waals surface area (Å²) in [5.74, 6) is -4.44. The van der Waals surface area contributed by atoms with Gasteiger partial charge in [0.1, 0.15) is 17.1 Å². The molecule has 0 bridgehead atoms. The second-order valence-electron chi connectivity index (χ2n) is 8.32. The number of rotatable bonds is 10. The highest BCUT2D eigenvalue weighted by Crippen LogP contribution is 2.35. The van der Waals surface area contributed by atoms with Crippen molar-refractivity contribution in [1.82, 2.24) is 15.3 Å². The van der Waals surface area contributed by atoms with Crippen LogP contribution in [0.4, 0.5) is 20.3 Å². The maximum absolute atomic E-state index is 15.1. The minimum Gasteiger partial charge on any atom is -0.494 e. The first kappa shape index (κ1) is 26.2. The number of nitrogens with one attached hydrogen (secondary N) is 2. The van der Waals surface area contributed by atoms with E-state index in [0.29, 0.717) is 5.39 Å². The van der Waals surface area contributed by atoms with Crippen molar-refractivity contribution in [2.75, 3.05) is 19.5 Å². The molecule has 0 radical (unpaired) electrons. The van der Waals surface area contributed by atoms with Crippen molar-refractivity contribution in [3.05, 3.63) is 72.2 Å². The van der Waals surface area contributed by atoms with Gasteiger partial charge in [0, 0.05) is 17.5 Å². The molecule has 0 saturated heterocycles. The summed E-state index contributed by atoms with van der Waals surface area (Å²) in [4.78, 5) is 37.7. The van der Waals surface area contributed by atoms with E-state index >= 15 is 8.78 Å². The Morgan fingerprint density at radius 2 is 1.82 bits per heavy atom. The molecule has 196 valence electrons. The Balaban J connectivity index is 1.79. The van der Waals surface area contributed by atoms with Crippen molar-refractivity contribution in [3.63, 3.8) is 0 Å². The quantitative estimate of drug-likeness (QED) is 0.159. The highest BCUT2D eigenvalue weighted by Gasteiger charge is 2.31. The molecule has 1 amide bonds. The normalized spacial score (nSPS) is 13.1. The van der Waals surface area contributed by atoms with E-state index in [2.05, 4.69) is 38.8 Å². The van der Waals surface area contributed by atoms with Gasteiger partial charge in [-0.15, -0.1) is 0 Å². The Hall–Kier alpha value is -4.87. The number of carbonyl (C=O) groups is 2. The predicted molar refractivity (Wildman–Crippen MR) is 138 cm³/mol. The van der Waals surface area contributed by atoms with Crippen LogP contribution in [0, 0.1) is 11.6 Å². The van der Waals surface area contributed by atoms with Gasteiger partial charge in [0.05, 0.1) is 37.3 Å². The van der Waals surface area contributed by atoms with Gasteiger partial charge in [-0.3, -0.25) is 9.59 Å². The number of hydrogen-bond donors (Lipinski definition) is 3. The minimum atomic E-state index is -1.17. The second kappa shape index (κ2) is 10.6. The standard InChI is InChI=1S/C26H24F2N6O4/c1-5-20(35)31-12(2)26(29)34-19-9-13-8-15(32-14-6-7-14)24(33-16(13)11-30-19)25(36)21-22(27)17(37-3)10-18(38-4)23(21)28/h5,8-11,14,32H,1-2,6-7H2,3-4H3,(H,31,35)(H2,29,30,34). The van der Waals surface area contributed by atoms with Gasteiger partial charge in [0.2, 0.25) is 11.7 Å². The fourth-order valence-corrected chi connectivity index (χ4v) is 3.52. The second-order valence-corrected chi connectivity index (χ2v) is 8.32. The maximum atomic E-state index is 15.1. The smallest absolute Gasteiger partial charge is 0.247 e. The number of halogens is 2. The molecular formula is C26H24F2N6O4. The Morgan fingerprint density at radius 3 is 2.39 bits per heavy atom. The molecule has 0 atom stereocenters. The molecule has 2 heterocycles. The lowest BCUT2D eigenvalue weighted by atomic mass is 10.0. The number of hydrogen-bond acceptors (Lipinski definition) is 8. The van der Waals surface area contributed by atoms with E-state index in [1.54, 1.807) is 12.1 Å². The first-order valence-corrected chi connectivity index (χ1v) is 11.4. The number of ether oxygens (including phenoxy) is 2. The van der Waals surface area contributed by atoms with Crippen LogP contribution in [0.2, 0.25) is 0 Å². The summed E-state index contributed by atoms with van der Waals surface area (Å²) < 4.78 is 40.1. The monoisotopic (exact) mass is 522 g/mol. The van der Waals surface area contributed by atoms with Crippen LogP contribution in [-0.4, -0.2) is 47.8 Å². The van der Waals surface area contributed by atoms with Crippen molar-refractivity contribution in [3.8, 4) is 11.5 Å². The number of amides is 1. The van der Waals surface area contributed by atoms with Crippen molar-refractivity contribution >= 4 is 39.9 Å². The van der Waals surface area contributed by atoms with Crippen molar-refractivity contribution in [2.24, 2.45) is 10.7 Å². The van der Waals surface area contributed by atoms with Crippen LogP contribution in [0.5, 0.6) is 11.5 Å². The zero-order valence-corrected chi connectivity index (χ0v) is 20.6. The van der Waals surface area contributed by atoms with Gasteiger partial charge in [-0.05, 0) is 31.1 Å². The van der Waals surface area contributed by atoms with E-state index in [0.717, 1.165) is 25.0 Å². The number of amidine groups is 1. The van der Waals surface area contributed by atoms with Gasteiger partial charge in [0.25, 0.3) is 0 Å². The van der Waals surface area contributed by atoms with Crippen LogP contribution < -0.4 is 25.8 Å².